The van der Waals surface area contributed by atoms with Crippen molar-refractivity contribution < 1.29 is 4.39 Å². The molecule has 0 unspecified atom stereocenters. The topological polar surface area (TPSA) is 68.0 Å². The van der Waals surface area contributed by atoms with Crippen LogP contribution in [0.25, 0.3) is 17.2 Å². The van der Waals surface area contributed by atoms with Gasteiger partial charge in [0.25, 0.3) is 0 Å². The molecule has 3 heterocycles. The van der Waals surface area contributed by atoms with Crippen LogP contribution in [0.5, 0.6) is 0 Å². The van der Waals surface area contributed by atoms with Crippen LogP contribution in [0.15, 0.2) is 30.5 Å². The predicted molar refractivity (Wildman–Crippen MR) is 75.2 cm³/mol. The van der Waals surface area contributed by atoms with Crippen LogP contribution in [0, 0.1) is 5.82 Å². The van der Waals surface area contributed by atoms with Crippen LogP contribution in [0.3, 0.4) is 0 Å². The minimum absolute atomic E-state index is 0.382. The number of nitrogens with zero attached hydrogens (tertiary/aromatic N) is 5. The number of fused-ring (bicyclic) bond motifs is 1. The van der Waals surface area contributed by atoms with E-state index in [-0.39, 0.29) is 5.82 Å². The first-order valence-electron chi connectivity index (χ1n) is 6.90. The zero-order valence-corrected chi connectivity index (χ0v) is 11.2. The fraction of sp³-hybridized carbons (Fsp3) is 0.286. The Bertz CT molecular complexity index is 778. The van der Waals surface area contributed by atoms with E-state index in [1.54, 1.807) is 10.6 Å². The third-order valence-electron chi connectivity index (χ3n) is 3.68. The van der Waals surface area contributed by atoms with E-state index < -0.39 is 0 Å². The smallest absolute Gasteiger partial charge is 0.203 e. The monoisotopic (exact) mass is 284 g/mol. The van der Waals surface area contributed by atoms with Crippen molar-refractivity contribution in [3.63, 3.8) is 0 Å². The summed E-state index contributed by atoms with van der Waals surface area (Å²) in [5.41, 5.74) is 1.17. The molecular formula is C14H13FN6. The summed E-state index contributed by atoms with van der Waals surface area (Å²) in [5.74, 6) is 0.908. The summed E-state index contributed by atoms with van der Waals surface area (Å²) in [5, 5.41) is 16.0. The maximum absolute atomic E-state index is 13.0. The van der Waals surface area contributed by atoms with Gasteiger partial charge in [-0.05, 0) is 43.5 Å². The van der Waals surface area contributed by atoms with Crippen LogP contribution < -0.4 is 5.32 Å². The SMILES string of the molecule is Fc1ccc(-c2nnc3ccc(NC4CCC4)nn23)nc1. The molecule has 1 saturated carbocycles. The van der Waals surface area contributed by atoms with E-state index >= 15 is 0 Å². The van der Waals surface area contributed by atoms with Gasteiger partial charge in [0.05, 0.1) is 6.20 Å². The molecule has 0 aromatic carbocycles. The van der Waals surface area contributed by atoms with Crippen molar-refractivity contribution in [2.24, 2.45) is 0 Å². The Morgan fingerprint density at radius 1 is 1.14 bits per heavy atom. The van der Waals surface area contributed by atoms with Gasteiger partial charge in [0.15, 0.2) is 5.65 Å². The van der Waals surface area contributed by atoms with Crippen molar-refractivity contribution in [1.82, 2.24) is 24.8 Å². The lowest BCUT2D eigenvalue weighted by Gasteiger charge is -2.26. The highest BCUT2D eigenvalue weighted by Crippen LogP contribution is 2.23. The molecule has 0 atom stereocenters. The van der Waals surface area contributed by atoms with E-state index in [0.717, 1.165) is 12.0 Å². The lowest BCUT2D eigenvalue weighted by atomic mass is 9.93. The predicted octanol–water partition coefficient (Wildman–Crippen LogP) is 2.29. The number of hydrogen-bond donors (Lipinski definition) is 1. The Morgan fingerprint density at radius 3 is 2.76 bits per heavy atom. The van der Waals surface area contributed by atoms with Gasteiger partial charge in [0.2, 0.25) is 5.82 Å². The lowest BCUT2D eigenvalue weighted by molar-refractivity contribution is 0.444. The molecule has 1 aliphatic rings. The molecule has 7 heteroatoms. The minimum Gasteiger partial charge on any atom is -0.366 e. The summed E-state index contributed by atoms with van der Waals surface area (Å²) in [6, 6.07) is 7.16. The second-order valence-corrected chi connectivity index (χ2v) is 5.15. The van der Waals surface area contributed by atoms with Crippen LogP contribution in [-0.4, -0.2) is 30.8 Å². The fourth-order valence-electron chi connectivity index (χ4n) is 2.30. The summed E-state index contributed by atoms with van der Waals surface area (Å²) in [4.78, 5) is 4.03. The first-order chi connectivity index (χ1) is 10.3. The number of aromatic nitrogens is 5. The van der Waals surface area contributed by atoms with Crippen LogP contribution in [0.4, 0.5) is 10.2 Å². The molecule has 0 aliphatic heterocycles. The molecule has 0 amide bonds. The molecule has 0 saturated heterocycles. The standard InChI is InChI=1S/C14H13FN6/c15-9-4-5-11(16-8-9)14-19-18-13-7-6-12(20-21(13)14)17-10-2-1-3-10/h4-8,10H,1-3H2,(H,17,20). The van der Waals surface area contributed by atoms with Crippen LogP contribution in [0.1, 0.15) is 19.3 Å². The third kappa shape index (κ3) is 2.20. The lowest BCUT2D eigenvalue weighted by Crippen LogP contribution is -2.27. The van der Waals surface area contributed by atoms with Gasteiger partial charge in [-0.2, -0.15) is 4.52 Å². The number of anilines is 1. The molecule has 1 fully saturated rings. The van der Waals surface area contributed by atoms with E-state index in [4.69, 9.17) is 0 Å². The highest BCUT2D eigenvalue weighted by Gasteiger charge is 2.18. The molecule has 6 nitrogen and oxygen atoms in total. The van der Waals surface area contributed by atoms with Gasteiger partial charge in [-0.25, -0.2) is 9.37 Å². The second-order valence-electron chi connectivity index (χ2n) is 5.15. The Balaban J connectivity index is 1.74. The Hall–Kier alpha value is -2.57. The summed E-state index contributed by atoms with van der Waals surface area (Å²) >= 11 is 0. The fourth-order valence-corrected chi connectivity index (χ4v) is 2.30. The maximum atomic E-state index is 13.0. The van der Waals surface area contributed by atoms with Gasteiger partial charge in [-0.15, -0.1) is 15.3 Å². The average molecular weight is 284 g/mol. The van der Waals surface area contributed by atoms with Gasteiger partial charge < -0.3 is 5.32 Å². The van der Waals surface area contributed by atoms with E-state index in [9.17, 15) is 4.39 Å². The first-order valence-corrected chi connectivity index (χ1v) is 6.90. The molecule has 1 N–H and O–H groups in total. The molecule has 0 radical (unpaired) electrons. The molecule has 0 spiro atoms. The van der Waals surface area contributed by atoms with Gasteiger partial charge >= 0.3 is 0 Å². The number of nitrogens with one attached hydrogen (secondary N) is 1. The maximum Gasteiger partial charge on any atom is 0.203 e. The number of rotatable bonds is 3. The number of pyridine rings is 1. The van der Waals surface area contributed by atoms with E-state index in [2.05, 4.69) is 25.6 Å². The zero-order valence-electron chi connectivity index (χ0n) is 11.2. The van der Waals surface area contributed by atoms with Crippen LogP contribution >= 0.6 is 0 Å². The van der Waals surface area contributed by atoms with Gasteiger partial charge in [-0.3, -0.25) is 0 Å². The van der Waals surface area contributed by atoms with E-state index in [1.165, 1.54) is 25.3 Å². The van der Waals surface area contributed by atoms with Crippen LogP contribution in [-0.2, 0) is 0 Å². The minimum atomic E-state index is -0.382. The molecule has 3 aromatic rings. The van der Waals surface area contributed by atoms with Gasteiger partial charge in [0, 0.05) is 6.04 Å². The summed E-state index contributed by atoms with van der Waals surface area (Å²) in [6.07, 6.45) is 4.77. The zero-order chi connectivity index (χ0) is 14.2. The first kappa shape index (κ1) is 12.2. The number of hydrogen-bond acceptors (Lipinski definition) is 5. The molecular weight excluding hydrogens is 271 g/mol. The summed E-state index contributed by atoms with van der Waals surface area (Å²) in [6.45, 7) is 0. The van der Waals surface area contributed by atoms with Crippen molar-refractivity contribution in [3.05, 3.63) is 36.3 Å². The van der Waals surface area contributed by atoms with Crippen molar-refractivity contribution >= 4 is 11.5 Å². The summed E-state index contributed by atoms with van der Waals surface area (Å²) in [7, 11) is 0. The number of halogens is 1. The van der Waals surface area contributed by atoms with Crippen molar-refractivity contribution in [3.8, 4) is 11.5 Å². The highest BCUT2D eigenvalue weighted by molar-refractivity contribution is 5.55. The second kappa shape index (κ2) is 4.76. The molecule has 106 valence electrons. The van der Waals surface area contributed by atoms with Crippen molar-refractivity contribution in [2.45, 2.75) is 25.3 Å². The van der Waals surface area contributed by atoms with E-state index in [0.29, 0.717) is 23.2 Å². The van der Waals surface area contributed by atoms with Gasteiger partial charge in [-0.1, -0.05) is 0 Å². The van der Waals surface area contributed by atoms with Gasteiger partial charge in [0.1, 0.15) is 17.3 Å². The molecule has 3 aromatic heterocycles. The van der Waals surface area contributed by atoms with E-state index in [1.807, 2.05) is 12.1 Å². The Morgan fingerprint density at radius 2 is 2.05 bits per heavy atom. The van der Waals surface area contributed by atoms with Crippen LogP contribution in [0.2, 0.25) is 0 Å². The average Bonchev–Trinajstić information content (AvgIpc) is 2.87. The molecule has 21 heavy (non-hydrogen) atoms. The normalized spacial score (nSPS) is 15.1. The van der Waals surface area contributed by atoms with Crippen molar-refractivity contribution in [2.75, 3.05) is 5.32 Å². The molecule has 0 bridgehead atoms. The highest BCUT2D eigenvalue weighted by atomic mass is 19.1. The summed E-state index contributed by atoms with van der Waals surface area (Å²) < 4.78 is 14.6. The third-order valence-corrected chi connectivity index (χ3v) is 3.68. The largest absolute Gasteiger partial charge is 0.366 e. The molecule has 1 aliphatic carbocycles. The quantitative estimate of drug-likeness (QED) is 0.799. The Kier molecular flexibility index (Phi) is 2.77. The Labute approximate surface area is 120 Å². The molecule has 4 rings (SSSR count). The van der Waals surface area contributed by atoms with Crippen molar-refractivity contribution in [1.29, 1.82) is 0 Å².